The monoisotopic (exact) mass is 470 g/mol. The van der Waals surface area contributed by atoms with Crippen molar-refractivity contribution in [2.24, 2.45) is 0 Å². The van der Waals surface area contributed by atoms with E-state index in [2.05, 4.69) is 0 Å². The standard InChI is InChI=1S/C20H28GeO8/c1-13(22)9-17(5)26-21(27-18(6)10-14(2)23,28-19(7)11-15(3)24)29-20(8)12-16(4)25/h9-12H,1-8H3/b17-9-,18-10-,19-11-,20-12-. The Morgan fingerprint density at radius 2 is 0.621 bits per heavy atom. The van der Waals surface area contributed by atoms with E-state index in [1.807, 2.05) is 0 Å². The molecule has 160 valence electrons. The molecule has 0 saturated carbocycles. The van der Waals surface area contributed by atoms with Gasteiger partial charge in [-0.05, 0) is 0 Å². The first-order valence-electron chi connectivity index (χ1n) is 8.76. The first-order valence-corrected chi connectivity index (χ1v) is 12.2. The fourth-order valence-electron chi connectivity index (χ4n) is 2.18. The van der Waals surface area contributed by atoms with Crippen molar-refractivity contribution in [2.45, 2.75) is 55.4 Å². The molecule has 0 unspecified atom stereocenters. The molecule has 0 amide bonds. The van der Waals surface area contributed by atoms with Gasteiger partial charge in [0.15, 0.2) is 0 Å². The van der Waals surface area contributed by atoms with Crippen LogP contribution in [0.5, 0.6) is 0 Å². The van der Waals surface area contributed by atoms with Gasteiger partial charge in [-0.3, -0.25) is 0 Å². The van der Waals surface area contributed by atoms with Crippen LogP contribution in [0, 0.1) is 0 Å². The van der Waals surface area contributed by atoms with Crippen molar-refractivity contribution < 1.29 is 34.2 Å². The molecule has 0 atom stereocenters. The summed E-state index contributed by atoms with van der Waals surface area (Å²) >= 11 is -4.84. The molecule has 0 aliphatic rings. The fourth-order valence-corrected chi connectivity index (χ4v) is 6.50. The minimum atomic E-state index is -4.84. The molecule has 0 rings (SSSR count). The van der Waals surface area contributed by atoms with Gasteiger partial charge in [0, 0.05) is 0 Å². The van der Waals surface area contributed by atoms with Gasteiger partial charge in [0.1, 0.15) is 0 Å². The normalized spacial score (nSPS) is 13.5. The predicted molar refractivity (Wildman–Crippen MR) is 108 cm³/mol. The number of rotatable bonds is 12. The molecule has 0 radical (unpaired) electrons. The van der Waals surface area contributed by atoms with Gasteiger partial charge in [-0.2, -0.15) is 0 Å². The van der Waals surface area contributed by atoms with E-state index in [0.717, 1.165) is 0 Å². The Hall–Kier alpha value is -2.62. The van der Waals surface area contributed by atoms with Crippen LogP contribution in [-0.2, 0) is 34.2 Å². The molecule has 29 heavy (non-hydrogen) atoms. The van der Waals surface area contributed by atoms with Crippen molar-refractivity contribution in [3.05, 3.63) is 47.3 Å². The van der Waals surface area contributed by atoms with Crippen molar-refractivity contribution in [1.29, 1.82) is 0 Å². The predicted octanol–water partition coefficient (Wildman–Crippen LogP) is 3.46. The zero-order chi connectivity index (χ0) is 22.8. The second-order valence-corrected chi connectivity index (χ2v) is 10.2. The van der Waals surface area contributed by atoms with Crippen LogP contribution in [0.1, 0.15) is 55.4 Å². The average molecular weight is 469 g/mol. The van der Waals surface area contributed by atoms with Crippen LogP contribution in [0.25, 0.3) is 0 Å². The Balaban J connectivity index is 6.40. The van der Waals surface area contributed by atoms with Gasteiger partial charge >= 0.3 is 175 Å². The third-order valence-electron chi connectivity index (χ3n) is 2.77. The maximum absolute atomic E-state index is 11.4. The minimum absolute atomic E-state index is 0.152. The van der Waals surface area contributed by atoms with Gasteiger partial charge in [-0.15, -0.1) is 0 Å². The third kappa shape index (κ3) is 12.5. The molecule has 0 aliphatic carbocycles. The molecule has 8 nitrogen and oxygen atoms in total. The van der Waals surface area contributed by atoms with Crippen LogP contribution in [-0.4, -0.2) is 37.7 Å². The fraction of sp³-hybridized carbons (Fsp3) is 0.400. The molecule has 0 aromatic heterocycles. The Labute approximate surface area is 174 Å². The van der Waals surface area contributed by atoms with Crippen molar-refractivity contribution >= 4 is 37.7 Å². The van der Waals surface area contributed by atoms with Gasteiger partial charge in [0.2, 0.25) is 0 Å². The van der Waals surface area contributed by atoms with Crippen molar-refractivity contribution in [3.8, 4) is 0 Å². The van der Waals surface area contributed by atoms with Crippen LogP contribution in [0.15, 0.2) is 47.3 Å². The van der Waals surface area contributed by atoms with E-state index >= 15 is 0 Å². The average Bonchev–Trinajstić information content (AvgIpc) is 2.41. The summed E-state index contributed by atoms with van der Waals surface area (Å²) in [5.41, 5.74) is 0. The van der Waals surface area contributed by atoms with Gasteiger partial charge in [-0.25, -0.2) is 0 Å². The molecule has 9 heteroatoms. The number of allylic oxidation sites excluding steroid dienone is 8. The van der Waals surface area contributed by atoms with Crippen molar-refractivity contribution in [1.82, 2.24) is 0 Å². The Morgan fingerprint density at radius 3 is 0.759 bits per heavy atom. The molecule has 0 saturated heterocycles. The van der Waals surface area contributed by atoms with Gasteiger partial charge in [0.25, 0.3) is 0 Å². The second kappa shape index (κ2) is 12.1. The van der Waals surface area contributed by atoms with E-state index in [0.29, 0.717) is 0 Å². The number of carbonyl (C=O) groups is 4. The Kier molecular flexibility index (Phi) is 11.0. The van der Waals surface area contributed by atoms with Crippen LogP contribution >= 0.6 is 0 Å². The van der Waals surface area contributed by atoms with E-state index < -0.39 is 14.6 Å². The third-order valence-corrected chi connectivity index (χ3v) is 7.57. The summed E-state index contributed by atoms with van der Waals surface area (Å²) in [4.78, 5) is 45.7. The number of hydrogen-bond acceptors (Lipinski definition) is 8. The Bertz CT molecular complexity index is 653. The van der Waals surface area contributed by atoms with Gasteiger partial charge < -0.3 is 0 Å². The number of carbonyl (C=O) groups excluding carboxylic acids is 4. The quantitative estimate of drug-likeness (QED) is 0.243. The second-order valence-electron chi connectivity index (χ2n) is 6.37. The summed E-state index contributed by atoms with van der Waals surface area (Å²) in [6, 6.07) is 0. The first kappa shape index (κ1) is 26.4. The zero-order valence-electron chi connectivity index (χ0n) is 18.1. The molecular formula is C20H28GeO8. The summed E-state index contributed by atoms with van der Waals surface area (Å²) in [5, 5.41) is 0. The van der Waals surface area contributed by atoms with Crippen molar-refractivity contribution in [2.75, 3.05) is 0 Å². The Morgan fingerprint density at radius 1 is 0.448 bits per heavy atom. The summed E-state index contributed by atoms with van der Waals surface area (Å²) in [5.74, 6) is -0.496. The topological polar surface area (TPSA) is 105 Å². The van der Waals surface area contributed by atoms with E-state index in [9.17, 15) is 19.2 Å². The molecule has 0 fully saturated rings. The summed E-state index contributed by atoms with van der Waals surface area (Å²) in [7, 11) is 0. The SMILES string of the molecule is CC(=O)/C=C(/C)[O][Ge]([O]/C(C)=C\C(C)=O)([O]/C(C)=C\C(C)=O)[O]/C(C)=C\C(C)=O. The summed E-state index contributed by atoms with van der Waals surface area (Å²) < 4.78 is 23.2. The van der Waals surface area contributed by atoms with E-state index in [4.69, 9.17) is 15.1 Å². The molecule has 0 heterocycles. The van der Waals surface area contributed by atoms with E-state index in [1.165, 1.54) is 79.7 Å². The number of ketones is 4. The molecule has 0 aromatic carbocycles. The zero-order valence-corrected chi connectivity index (χ0v) is 20.2. The van der Waals surface area contributed by atoms with Crippen LogP contribution in [0.2, 0.25) is 0 Å². The van der Waals surface area contributed by atoms with Crippen LogP contribution < -0.4 is 0 Å². The molecular weight excluding hydrogens is 441 g/mol. The number of hydrogen-bond donors (Lipinski definition) is 0. The van der Waals surface area contributed by atoms with Gasteiger partial charge in [0.05, 0.1) is 0 Å². The summed E-state index contributed by atoms with van der Waals surface area (Å²) in [6.45, 7) is 11.4. The molecule has 0 spiro atoms. The van der Waals surface area contributed by atoms with Crippen molar-refractivity contribution in [3.63, 3.8) is 0 Å². The maximum atomic E-state index is 11.4. The molecule has 0 aromatic rings. The molecule has 0 aliphatic heterocycles. The molecule has 0 bridgehead atoms. The van der Waals surface area contributed by atoms with E-state index in [-0.39, 0.29) is 46.2 Å². The first-order chi connectivity index (χ1) is 13.2. The molecule has 0 N–H and O–H groups in total. The van der Waals surface area contributed by atoms with E-state index in [1.54, 1.807) is 0 Å². The summed E-state index contributed by atoms with van der Waals surface area (Å²) in [6.07, 6.45) is 4.87. The van der Waals surface area contributed by atoms with Gasteiger partial charge in [-0.1, -0.05) is 0 Å². The van der Waals surface area contributed by atoms with Crippen LogP contribution in [0.3, 0.4) is 0 Å². The van der Waals surface area contributed by atoms with Crippen LogP contribution in [0.4, 0.5) is 0 Å².